The SMILES string of the molecule is Cc1nnc(CN2CCCC(c3nnc4ccccn34)C2)s1. The minimum atomic E-state index is 0.431. The standard InChI is InChI=1S/C15H18N6S/c1-11-16-18-14(22-11)10-20-7-4-5-12(9-20)15-19-17-13-6-2-3-8-21(13)15/h2-3,6,8,12H,4-5,7,9-10H2,1H3. The highest BCUT2D eigenvalue weighted by Gasteiger charge is 2.25. The van der Waals surface area contributed by atoms with Gasteiger partial charge in [0.05, 0.1) is 6.54 Å². The molecule has 3 aromatic rings. The van der Waals surface area contributed by atoms with Gasteiger partial charge in [0.15, 0.2) is 5.65 Å². The van der Waals surface area contributed by atoms with Gasteiger partial charge in [-0.25, -0.2) is 0 Å². The van der Waals surface area contributed by atoms with Crippen molar-refractivity contribution >= 4 is 17.0 Å². The zero-order valence-corrected chi connectivity index (χ0v) is 13.3. The molecule has 6 nitrogen and oxygen atoms in total. The maximum atomic E-state index is 4.43. The van der Waals surface area contributed by atoms with Crippen molar-refractivity contribution in [3.8, 4) is 0 Å². The number of aryl methyl sites for hydroxylation is 1. The number of piperidine rings is 1. The number of pyridine rings is 1. The van der Waals surface area contributed by atoms with Gasteiger partial charge in [0.25, 0.3) is 0 Å². The van der Waals surface area contributed by atoms with Crippen molar-refractivity contribution < 1.29 is 0 Å². The minimum absolute atomic E-state index is 0.431. The molecule has 0 radical (unpaired) electrons. The molecule has 7 heteroatoms. The highest BCUT2D eigenvalue weighted by Crippen LogP contribution is 2.27. The van der Waals surface area contributed by atoms with Gasteiger partial charge in [-0.1, -0.05) is 6.07 Å². The van der Waals surface area contributed by atoms with Gasteiger partial charge in [0.2, 0.25) is 0 Å². The fraction of sp³-hybridized carbons (Fsp3) is 0.467. The lowest BCUT2D eigenvalue weighted by Crippen LogP contribution is -2.34. The fourth-order valence-electron chi connectivity index (χ4n) is 3.14. The van der Waals surface area contributed by atoms with E-state index in [1.54, 1.807) is 11.3 Å². The summed E-state index contributed by atoms with van der Waals surface area (Å²) < 4.78 is 2.11. The molecule has 4 rings (SSSR count). The average Bonchev–Trinajstić information content (AvgIpc) is 3.14. The highest BCUT2D eigenvalue weighted by molar-refractivity contribution is 7.11. The Balaban J connectivity index is 1.53. The van der Waals surface area contributed by atoms with E-state index in [0.29, 0.717) is 5.92 Å². The molecule has 3 aromatic heterocycles. The van der Waals surface area contributed by atoms with Crippen LogP contribution in [0.5, 0.6) is 0 Å². The van der Waals surface area contributed by atoms with E-state index in [9.17, 15) is 0 Å². The second-order valence-electron chi connectivity index (χ2n) is 5.78. The van der Waals surface area contributed by atoms with E-state index >= 15 is 0 Å². The van der Waals surface area contributed by atoms with E-state index in [1.807, 2.05) is 25.1 Å². The Labute approximate surface area is 132 Å². The molecule has 22 heavy (non-hydrogen) atoms. The Morgan fingerprint density at radius 3 is 3.05 bits per heavy atom. The zero-order valence-electron chi connectivity index (χ0n) is 12.5. The number of rotatable bonds is 3. The molecule has 0 aromatic carbocycles. The molecule has 1 aliphatic rings. The largest absolute Gasteiger partial charge is 0.296 e. The van der Waals surface area contributed by atoms with Gasteiger partial charge in [-0.05, 0) is 38.4 Å². The lowest BCUT2D eigenvalue weighted by atomic mass is 9.97. The van der Waals surface area contributed by atoms with Crippen LogP contribution in [0.2, 0.25) is 0 Å². The first kappa shape index (κ1) is 13.8. The summed E-state index contributed by atoms with van der Waals surface area (Å²) in [5.74, 6) is 1.51. The van der Waals surface area contributed by atoms with Crippen molar-refractivity contribution in [1.82, 2.24) is 29.7 Å². The Hall–Kier alpha value is -1.86. The van der Waals surface area contributed by atoms with Gasteiger partial charge in [0.1, 0.15) is 15.8 Å². The van der Waals surface area contributed by atoms with Crippen molar-refractivity contribution in [2.24, 2.45) is 0 Å². The lowest BCUT2D eigenvalue weighted by Gasteiger charge is -2.31. The highest BCUT2D eigenvalue weighted by atomic mass is 32.1. The summed E-state index contributed by atoms with van der Waals surface area (Å²) in [6.45, 7) is 5.02. The Kier molecular flexibility index (Phi) is 3.59. The Bertz CT molecular complexity index is 779. The smallest absolute Gasteiger partial charge is 0.160 e. The summed E-state index contributed by atoms with van der Waals surface area (Å²) in [5.41, 5.74) is 0.925. The lowest BCUT2D eigenvalue weighted by molar-refractivity contribution is 0.195. The number of aromatic nitrogens is 5. The molecule has 1 fully saturated rings. The molecule has 4 heterocycles. The minimum Gasteiger partial charge on any atom is -0.296 e. The molecule has 1 unspecified atom stereocenters. The van der Waals surface area contributed by atoms with Gasteiger partial charge in [-0.3, -0.25) is 9.30 Å². The maximum absolute atomic E-state index is 4.43. The van der Waals surface area contributed by atoms with Crippen LogP contribution in [0.1, 0.15) is 34.6 Å². The molecule has 0 aliphatic carbocycles. The van der Waals surface area contributed by atoms with Crippen molar-refractivity contribution in [3.63, 3.8) is 0 Å². The number of fused-ring (bicyclic) bond motifs is 1. The first-order valence-electron chi connectivity index (χ1n) is 7.60. The molecule has 1 atom stereocenters. The maximum Gasteiger partial charge on any atom is 0.160 e. The van der Waals surface area contributed by atoms with E-state index in [-0.39, 0.29) is 0 Å². The molecule has 0 N–H and O–H groups in total. The molecule has 114 valence electrons. The molecule has 0 bridgehead atoms. The summed E-state index contributed by atoms with van der Waals surface area (Å²) in [6, 6.07) is 6.03. The number of nitrogens with zero attached hydrogens (tertiary/aromatic N) is 6. The van der Waals surface area contributed by atoms with Crippen molar-refractivity contribution in [3.05, 3.63) is 40.2 Å². The van der Waals surface area contributed by atoms with Crippen LogP contribution in [0.25, 0.3) is 5.65 Å². The van der Waals surface area contributed by atoms with Crippen LogP contribution in [0, 0.1) is 6.92 Å². The van der Waals surface area contributed by atoms with Crippen LogP contribution in [-0.2, 0) is 6.54 Å². The molecular weight excluding hydrogens is 296 g/mol. The second kappa shape index (κ2) is 5.73. The predicted octanol–water partition coefficient (Wildman–Crippen LogP) is 2.27. The third-order valence-electron chi connectivity index (χ3n) is 4.14. The summed E-state index contributed by atoms with van der Waals surface area (Å²) >= 11 is 1.69. The first-order valence-corrected chi connectivity index (χ1v) is 8.42. The van der Waals surface area contributed by atoms with E-state index in [4.69, 9.17) is 0 Å². The fourth-order valence-corrected chi connectivity index (χ4v) is 3.89. The van der Waals surface area contributed by atoms with Crippen LogP contribution in [0.3, 0.4) is 0 Å². The van der Waals surface area contributed by atoms with Gasteiger partial charge in [0, 0.05) is 18.7 Å². The summed E-state index contributed by atoms with van der Waals surface area (Å²) in [5, 5.41) is 19.2. The molecule has 0 spiro atoms. The van der Waals surface area contributed by atoms with Gasteiger partial charge >= 0.3 is 0 Å². The van der Waals surface area contributed by atoms with Crippen molar-refractivity contribution in [2.75, 3.05) is 13.1 Å². The molecule has 1 aliphatic heterocycles. The van der Waals surface area contributed by atoms with Gasteiger partial charge in [-0.2, -0.15) is 0 Å². The second-order valence-corrected chi connectivity index (χ2v) is 7.04. The molecule has 0 amide bonds. The molecule has 1 saturated heterocycles. The molecule has 0 saturated carbocycles. The first-order chi connectivity index (χ1) is 10.8. The normalized spacial score (nSPS) is 19.8. The Morgan fingerprint density at radius 1 is 1.23 bits per heavy atom. The monoisotopic (exact) mass is 314 g/mol. The van der Waals surface area contributed by atoms with E-state index in [2.05, 4.69) is 35.9 Å². The van der Waals surface area contributed by atoms with Crippen molar-refractivity contribution in [1.29, 1.82) is 0 Å². The number of hydrogen-bond donors (Lipinski definition) is 0. The predicted molar refractivity (Wildman–Crippen MR) is 84.9 cm³/mol. The van der Waals surface area contributed by atoms with Gasteiger partial charge < -0.3 is 0 Å². The van der Waals surface area contributed by atoms with E-state index in [1.165, 1.54) is 12.8 Å². The number of likely N-dealkylation sites (tertiary alicyclic amines) is 1. The van der Waals surface area contributed by atoms with Crippen molar-refractivity contribution in [2.45, 2.75) is 32.2 Å². The zero-order chi connectivity index (χ0) is 14.9. The average molecular weight is 314 g/mol. The van der Waals surface area contributed by atoms with E-state index in [0.717, 1.165) is 41.1 Å². The topological polar surface area (TPSA) is 59.2 Å². The van der Waals surface area contributed by atoms with Crippen LogP contribution in [0.15, 0.2) is 24.4 Å². The van der Waals surface area contributed by atoms with Crippen LogP contribution in [0.4, 0.5) is 0 Å². The Morgan fingerprint density at radius 2 is 2.18 bits per heavy atom. The molecular formula is C15H18N6S. The summed E-state index contributed by atoms with van der Waals surface area (Å²) in [4.78, 5) is 2.46. The summed E-state index contributed by atoms with van der Waals surface area (Å²) in [7, 11) is 0. The van der Waals surface area contributed by atoms with E-state index < -0.39 is 0 Å². The quantitative estimate of drug-likeness (QED) is 0.742. The number of hydrogen-bond acceptors (Lipinski definition) is 6. The van der Waals surface area contributed by atoms with Crippen LogP contribution >= 0.6 is 11.3 Å². The van der Waals surface area contributed by atoms with Gasteiger partial charge in [-0.15, -0.1) is 31.7 Å². The van der Waals surface area contributed by atoms with Crippen LogP contribution < -0.4 is 0 Å². The summed E-state index contributed by atoms with van der Waals surface area (Å²) in [6.07, 6.45) is 4.41. The third-order valence-corrected chi connectivity index (χ3v) is 4.96. The third kappa shape index (κ3) is 2.62. The van der Waals surface area contributed by atoms with Crippen LogP contribution in [-0.4, -0.2) is 42.8 Å².